The Hall–Kier alpha value is -2.45. The zero-order valence-corrected chi connectivity index (χ0v) is 12.5. The minimum atomic E-state index is 0.305. The van der Waals surface area contributed by atoms with Crippen LogP contribution in [0.4, 0.5) is 11.9 Å². The van der Waals surface area contributed by atoms with E-state index in [1.54, 1.807) is 11.0 Å². The van der Waals surface area contributed by atoms with E-state index in [0.29, 0.717) is 36.9 Å². The molecular weight excluding hydrogens is 272 g/mol. The van der Waals surface area contributed by atoms with E-state index < -0.39 is 0 Å². The molecule has 2 heterocycles. The first-order valence-electron chi connectivity index (χ1n) is 6.92. The summed E-state index contributed by atoms with van der Waals surface area (Å²) >= 11 is 0. The number of hydrogen-bond donors (Lipinski definition) is 2. The fourth-order valence-electron chi connectivity index (χ4n) is 1.55. The number of anilines is 2. The number of nitrogens with one attached hydrogen (secondary N) is 2. The maximum atomic E-state index is 5.46. The minimum absolute atomic E-state index is 0.305. The van der Waals surface area contributed by atoms with Gasteiger partial charge in [0.1, 0.15) is 6.33 Å². The SMILES string of the molecule is CCCOc1nc(NCC)nc(NCc2ncn(C)n2)n1. The highest BCUT2D eigenvalue weighted by Crippen LogP contribution is 2.11. The van der Waals surface area contributed by atoms with Crippen molar-refractivity contribution in [1.82, 2.24) is 29.7 Å². The summed E-state index contributed by atoms with van der Waals surface area (Å²) in [6.07, 6.45) is 2.53. The molecule has 0 amide bonds. The van der Waals surface area contributed by atoms with Crippen molar-refractivity contribution in [3.05, 3.63) is 12.2 Å². The molecule has 0 fully saturated rings. The molecular formula is C12H20N8O. The van der Waals surface area contributed by atoms with Gasteiger partial charge in [-0.25, -0.2) is 4.98 Å². The van der Waals surface area contributed by atoms with E-state index >= 15 is 0 Å². The number of rotatable bonds is 8. The van der Waals surface area contributed by atoms with E-state index in [1.165, 1.54) is 0 Å². The lowest BCUT2D eigenvalue weighted by molar-refractivity contribution is 0.292. The molecule has 0 saturated heterocycles. The van der Waals surface area contributed by atoms with Gasteiger partial charge in [0.05, 0.1) is 13.2 Å². The highest BCUT2D eigenvalue weighted by Gasteiger charge is 2.08. The molecule has 114 valence electrons. The number of ether oxygens (including phenoxy) is 1. The van der Waals surface area contributed by atoms with Crippen molar-refractivity contribution in [2.24, 2.45) is 7.05 Å². The third kappa shape index (κ3) is 4.55. The van der Waals surface area contributed by atoms with E-state index in [0.717, 1.165) is 13.0 Å². The maximum Gasteiger partial charge on any atom is 0.323 e. The van der Waals surface area contributed by atoms with Crippen LogP contribution in [0.5, 0.6) is 6.01 Å². The molecule has 0 spiro atoms. The van der Waals surface area contributed by atoms with Gasteiger partial charge in [-0.1, -0.05) is 6.92 Å². The topological polar surface area (TPSA) is 103 Å². The molecule has 2 aromatic heterocycles. The third-order valence-corrected chi connectivity index (χ3v) is 2.44. The second-order valence-electron chi connectivity index (χ2n) is 4.33. The Kier molecular flexibility index (Phi) is 5.24. The Morgan fingerprint density at radius 2 is 1.90 bits per heavy atom. The summed E-state index contributed by atoms with van der Waals surface area (Å²) in [4.78, 5) is 16.8. The molecule has 9 heteroatoms. The van der Waals surface area contributed by atoms with Crippen molar-refractivity contribution in [1.29, 1.82) is 0 Å². The molecule has 9 nitrogen and oxygen atoms in total. The zero-order valence-electron chi connectivity index (χ0n) is 12.5. The number of nitrogens with zero attached hydrogens (tertiary/aromatic N) is 6. The van der Waals surface area contributed by atoms with Gasteiger partial charge >= 0.3 is 6.01 Å². The van der Waals surface area contributed by atoms with Crippen LogP contribution in [0.1, 0.15) is 26.1 Å². The highest BCUT2D eigenvalue weighted by atomic mass is 16.5. The van der Waals surface area contributed by atoms with Crippen LogP contribution in [0, 0.1) is 0 Å². The standard InChI is InChI=1S/C12H20N8O/c1-4-6-21-12-17-10(13-5-2)16-11(18-12)14-7-9-15-8-20(3)19-9/h8H,4-7H2,1-3H3,(H2,13,14,16,17,18). The van der Waals surface area contributed by atoms with Gasteiger partial charge in [0.15, 0.2) is 5.82 Å². The van der Waals surface area contributed by atoms with Gasteiger partial charge in [0.2, 0.25) is 11.9 Å². The molecule has 0 unspecified atom stereocenters. The summed E-state index contributed by atoms with van der Waals surface area (Å²) < 4.78 is 7.10. The molecule has 2 aromatic rings. The van der Waals surface area contributed by atoms with Crippen molar-refractivity contribution < 1.29 is 4.74 Å². The summed E-state index contributed by atoms with van der Waals surface area (Å²) in [7, 11) is 1.82. The van der Waals surface area contributed by atoms with Crippen molar-refractivity contribution in [3.63, 3.8) is 0 Å². The van der Waals surface area contributed by atoms with Crippen LogP contribution in [0.3, 0.4) is 0 Å². The smallest absolute Gasteiger partial charge is 0.323 e. The average Bonchev–Trinajstić information content (AvgIpc) is 2.89. The first kappa shape index (κ1) is 14.9. The molecule has 2 rings (SSSR count). The molecule has 21 heavy (non-hydrogen) atoms. The van der Waals surface area contributed by atoms with Crippen LogP contribution in [-0.2, 0) is 13.6 Å². The Morgan fingerprint density at radius 3 is 2.52 bits per heavy atom. The van der Waals surface area contributed by atoms with Gasteiger partial charge < -0.3 is 15.4 Å². The molecule has 0 aromatic carbocycles. The van der Waals surface area contributed by atoms with Gasteiger partial charge in [-0.15, -0.1) is 0 Å². The van der Waals surface area contributed by atoms with Gasteiger partial charge in [-0.05, 0) is 13.3 Å². The Balaban J connectivity index is 2.07. The van der Waals surface area contributed by atoms with Crippen LogP contribution in [0.15, 0.2) is 6.33 Å². The Labute approximate surface area is 123 Å². The lowest BCUT2D eigenvalue weighted by Crippen LogP contribution is -2.11. The molecule has 0 saturated carbocycles. The number of aryl methyl sites for hydroxylation is 1. The van der Waals surface area contributed by atoms with Crippen LogP contribution in [0.25, 0.3) is 0 Å². The summed E-state index contributed by atoms with van der Waals surface area (Å²) in [5.74, 6) is 1.58. The fraction of sp³-hybridized carbons (Fsp3) is 0.583. The van der Waals surface area contributed by atoms with Gasteiger partial charge in [0.25, 0.3) is 0 Å². The Bertz CT molecular complexity index is 570. The molecule has 0 aliphatic heterocycles. The second-order valence-corrected chi connectivity index (χ2v) is 4.33. The van der Waals surface area contributed by atoms with Crippen LogP contribution >= 0.6 is 0 Å². The molecule has 2 N–H and O–H groups in total. The minimum Gasteiger partial charge on any atom is -0.463 e. The first-order valence-corrected chi connectivity index (χ1v) is 6.92. The predicted molar refractivity (Wildman–Crippen MR) is 78.1 cm³/mol. The Morgan fingerprint density at radius 1 is 1.14 bits per heavy atom. The molecule has 0 aliphatic rings. The number of hydrogen-bond acceptors (Lipinski definition) is 8. The quantitative estimate of drug-likeness (QED) is 0.737. The predicted octanol–water partition coefficient (Wildman–Crippen LogP) is 0.833. The molecule has 0 aliphatic carbocycles. The van der Waals surface area contributed by atoms with Crippen molar-refractivity contribution in [2.75, 3.05) is 23.8 Å². The summed E-state index contributed by atoms with van der Waals surface area (Å²) in [6, 6.07) is 0.305. The monoisotopic (exact) mass is 292 g/mol. The summed E-state index contributed by atoms with van der Waals surface area (Å²) in [6.45, 7) is 5.72. The van der Waals surface area contributed by atoms with Gasteiger partial charge in [0, 0.05) is 13.6 Å². The summed E-state index contributed by atoms with van der Waals surface area (Å²) in [5.41, 5.74) is 0. The van der Waals surface area contributed by atoms with Crippen molar-refractivity contribution in [2.45, 2.75) is 26.8 Å². The van der Waals surface area contributed by atoms with Crippen LogP contribution < -0.4 is 15.4 Å². The van der Waals surface area contributed by atoms with E-state index in [2.05, 4.69) is 35.7 Å². The van der Waals surface area contributed by atoms with Gasteiger partial charge in [-0.2, -0.15) is 20.1 Å². The normalized spacial score (nSPS) is 10.4. The van der Waals surface area contributed by atoms with Gasteiger partial charge in [-0.3, -0.25) is 4.68 Å². The number of aromatic nitrogens is 6. The highest BCUT2D eigenvalue weighted by molar-refractivity contribution is 5.35. The van der Waals surface area contributed by atoms with Crippen molar-refractivity contribution in [3.8, 4) is 6.01 Å². The maximum absolute atomic E-state index is 5.46. The van der Waals surface area contributed by atoms with E-state index in [1.807, 2.05) is 20.9 Å². The lowest BCUT2D eigenvalue weighted by atomic mass is 10.5. The zero-order chi connectivity index (χ0) is 15.1. The largest absolute Gasteiger partial charge is 0.463 e. The van der Waals surface area contributed by atoms with Crippen molar-refractivity contribution >= 4 is 11.9 Å². The van der Waals surface area contributed by atoms with E-state index in [-0.39, 0.29) is 0 Å². The van der Waals surface area contributed by atoms with E-state index in [4.69, 9.17) is 4.74 Å². The van der Waals surface area contributed by atoms with Crippen LogP contribution in [-0.4, -0.2) is 42.9 Å². The van der Waals surface area contributed by atoms with E-state index in [9.17, 15) is 0 Å². The van der Waals surface area contributed by atoms with Crippen LogP contribution in [0.2, 0.25) is 0 Å². The fourth-order valence-corrected chi connectivity index (χ4v) is 1.55. The third-order valence-electron chi connectivity index (χ3n) is 2.44. The second kappa shape index (κ2) is 7.36. The lowest BCUT2D eigenvalue weighted by Gasteiger charge is -2.08. The molecule has 0 atom stereocenters. The summed E-state index contributed by atoms with van der Waals surface area (Å²) in [5, 5.41) is 10.3. The average molecular weight is 292 g/mol. The molecule has 0 radical (unpaired) electrons. The molecule has 0 bridgehead atoms. The first-order chi connectivity index (χ1) is 10.2.